The molecule has 1 rings (SSSR count). The lowest BCUT2D eigenvalue weighted by Gasteiger charge is -2.22. The van der Waals surface area contributed by atoms with Gasteiger partial charge in [0.1, 0.15) is 12.6 Å². The first-order valence-corrected chi connectivity index (χ1v) is 13.3. The molecule has 0 aromatic rings. The molecule has 1 atom stereocenters. The predicted molar refractivity (Wildman–Crippen MR) is 129 cm³/mol. The number of methoxy groups -OCH3 is 1. The molecule has 0 aromatic carbocycles. The van der Waals surface area contributed by atoms with Crippen LogP contribution in [0, 0.1) is 0 Å². The lowest BCUT2D eigenvalue weighted by Crippen LogP contribution is -2.42. The smallest absolute Gasteiger partial charge is 0.410 e. The number of hydrogen-bond donors (Lipinski definition) is 0. The van der Waals surface area contributed by atoms with E-state index in [0.29, 0.717) is 26.2 Å². The number of nitrogens with zero attached hydrogens (tertiary/aromatic N) is 1. The Hall–Kier alpha value is -1.30. The maximum Gasteiger partial charge on any atom is 0.410 e. The number of rotatable bonds is 20. The van der Waals surface area contributed by atoms with Crippen LogP contribution in [-0.4, -0.2) is 56.5 Å². The molecule has 0 bridgehead atoms. The predicted octanol–water partition coefficient (Wildman–Crippen LogP) is 6.65. The van der Waals surface area contributed by atoms with Crippen LogP contribution >= 0.6 is 0 Å². The molecule has 32 heavy (non-hydrogen) atoms. The third-order valence-electron chi connectivity index (χ3n) is 6.26. The minimum absolute atomic E-state index is 0.201. The molecule has 0 saturated carbocycles. The van der Waals surface area contributed by atoms with Gasteiger partial charge in [0.05, 0.1) is 13.2 Å². The molecule has 1 aliphatic rings. The molecule has 1 fully saturated rings. The van der Waals surface area contributed by atoms with Crippen LogP contribution in [0.4, 0.5) is 4.79 Å². The minimum atomic E-state index is -0.499. The van der Waals surface area contributed by atoms with Crippen molar-refractivity contribution >= 4 is 12.1 Å². The summed E-state index contributed by atoms with van der Waals surface area (Å²) in [4.78, 5) is 25.9. The molecule has 1 saturated heterocycles. The highest BCUT2D eigenvalue weighted by molar-refractivity contribution is 5.82. The van der Waals surface area contributed by atoms with Crippen molar-refractivity contribution in [2.24, 2.45) is 0 Å². The molecule has 0 aromatic heterocycles. The highest BCUT2D eigenvalue weighted by atomic mass is 16.6. The Balaban J connectivity index is 1.92. The van der Waals surface area contributed by atoms with E-state index < -0.39 is 12.1 Å². The highest BCUT2D eigenvalue weighted by Gasteiger charge is 2.36. The summed E-state index contributed by atoms with van der Waals surface area (Å²) in [6, 6.07) is -0.499. The number of hydrogen-bond acceptors (Lipinski definition) is 5. The van der Waals surface area contributed by atoms with E-state index in [2.05, 4.69) is 6.92 Å². The monoisotopic (exact) mass is 455 g/mol. The van der Waals surface area contributed by atoms with E-state index in [-0.39, 0.29) is 12.6 Å². The third kappa shape index (κ3) is 14.0. The first-order chi connectivity index (χ1) is 15.7. The summed E-state index contributed by atoms with van der Waals surface area (Å²) in [6.45, 7) is 3.82. The molecule has 1 heterocycles. The minimum Gasteiger partial charge on any atom is -0.464 e. The van der Waals surface area contributed by atoms with Crippen LogP contribution in [0.2, 0.25) is 0 Å². The highest BCUT2D eigenvalue weighted by Crippen LogP contribution is 2.20. The SMILES string of the molecule is CCCCCCCCCCCCCCCCCOC(=O)C1CCCN1C(=O)OCCOC. The van der Waals surface area contributed by atoms with Gasteiger partial charge < -0.3 is 14.2 Å². The lowest BCUT2D eigenvalue weighted by molar-refractivity contribution is -0.148. The summed E-state index contributed by atoms with van der Waals surface area (Å²) in [6.07, 6.45) is 20.7. The molecule has 0 spiro atoms. The number of unbranched alkanes of at least 4 members (excludes halogenated alkanes) is 14. The van der Waals surface area contributed by atoms with Crippen molar-refractivity contribution in [3.8, 4) is 0 Å². The quantitative estimate of drug-likeness (QED) is 0.152. The van der Waals surface area contributed by atoms with Gasteiger partial charge in [-0.15, -0.1) is 0 Å². The fourth-order valence-electron chi connectivity index (χ4n) is 4.27. The van der Waals surface area contributed by atoms with Crippen molar-refractivity contribution in [3.05, 3.63) is 0 Å². The maximum atomic E-state index is 12.3. The first kappa shape index (κ1) is 28.7. The summed E-state index contributed by atoms with van der Waals surface area (Å²) in [5, 5.41) is 0. The van der Waals surface area contributed by atoms with Gasteiger partial charge in [-0.25, -0.2) is 9.59 Å². The molecule has 1 unspecified atom stereocenters. The molecule has 0 radical (unpaired) electrons. The summed E-state index contributed by atoms with van der Waals surface area (Å²) < 4.78 is 15.5. The van der Waals surface area contributed by atoms with E-state index in [9.17, 15) is 9.59 Å². The Morgan fingerprint density at radius 2 is 1.25 bits per heavy atom. The van der Waals surface area contributed by atoms with Crippen LogP contribution < -0.4 is 0 Å². The molecule has 0 N–H and O–H groups in total. The summed E-state index contributed by atoms with van der Waals surface area (Å²) in [5.74, 6) is -0.295. The number of ether oxygens (including phenoxy) is 3. The van der Waals surface area contributed by atoms with Crippen LogP contribution in [0.3, 0.4) is 0 Å². The van der Waals surface area contributed by atoms with E-state index in [1.165, 1.54) is 88.4 Å². The summed E-state index contributed by atoms with van der Waals surface area (Å²) >= 11 is 0. The van der Waals surface area contributed by atoms with E-state index in [0.717, 1.165) is 19.3 Å². The number of likely N-dealkylation sites (tertiary alicyclic amines) is 1. The van der Waals surface area contributed by atoms with Gasteiger partial charge in [-0.3, -0.25) is 4.90 Å². The van der Waals surface area contributed by atoms with Crippen molar-refractivity contribution in [2.75, 3.05) is 33.5 Å². The van der Waals surface area contributed by atoms with E-state index in [1.807, 2.05) is 0 Å². The van der Waals surface area contributed by atoms with Gasteiger partial charge in [-0.2, -0.15) is 0 Å². The lowest BCUT2D eigenvalue weighted by atomic mass is 10.0. The van der Waals surface area contributed by atoms with Crippen molar-refractivity contribution < 1.29 is 23.8 Å². The molecular formula is C26H49NO5. The molecule has 188 valence electrons. The second-order valence-electron chi connectivity index (χ2n) is 9.08. The summed E-state index contributed by atoms with van der Waals surface area (Å²) in [7, 11) is 1.56. The Bertz CT molecular complexity index is 471. The van der Waals surface area contributed by atoms with Crippen LogP contribution in [0.5, 0.6) is 0 Å². The normalized spacial score (nSPS) is 15.8. The van der Waals surface area contributed by atoms with Gasteiger partial charge in [-0.1, -0.05) is 96.8 Å². The topological polar surface area (TPSA) is 65.1 Å². The van der Waals surface area contributed by atoms with Crippen molar-refractivity contribution in [2.45, 2.75) is 122 Å². The zero-order valence-corrected chi connectivity index (χ0v) is 20.9. The largest absolute Gasteiger partial charge is 0.464 e. The maximum absolute atomic E-state index is 12.3. The number of esters is 1. The van der Waals surface area contributed by atoms with Crippen molar-refractivity contribution in [1.29, 1.82) is 0 Å². The average molecular weight is 456 g/mol. The van der Waals surface area contributed by atoms with Crippen molar-refractivity contribution in [3.63, 3.8) is 0 Å². The first-order valence-electron chi connectivity index (χ1n) is 13.3. The summed E-state index contributed by atoms with van der Waals surface area (Å²) in [5.41, 5.74) is 0. The van der Waals surface area contributed by atoms with E-state index >= 15 is 0 Å². The molecule has 6 heteroatoms. The van der Waals surface area contributed by atoms with Crippen LogP contribution in [-0.2, 0) is 19.0 Å². The molecule has 0 aliphatic carbocycles. The Labute approximate surface area is 196 Å². The molecule has 1 amide bonds. The van der Waals surface area contributed by atoms with E-state index in [1.54, 1.807) is 7.11 Å². The fraction of sp³-hybridized carbons (Fsp3) is 0.923. The molecule has 1 aliphatic heterocycles. The Morgan fingerprint density at radius 1 is 0.719 bits per heavy atom. The zero-order valence-electron chi connectivity index (χ0n) is 20.9. The standard InChI is InChI=1S/C26H49NO5/c1-3-4-5-6-7-8-9-10-11-12-13-14-15-16-17-21-31-25(28)24-19-18-20-27(24)26(29)32-23-22-30-2/h24H,3-23H2,1-2H3. The van der Waals surface area contributed by atoms with Gasteiger partial charge in [0, 0.05) is 13.7 Å². The molecular weight excluding hydrogens is 406 g/mol. The van der Waals surface area contributed by atoms with Gasteiger partial charge >= 0.3 is 12.1 Å². The Kier molecular flexibility index (Phi) is 18.2. The van der Waals surface area contributed by atoms with E-state index in [4.69, 9.17) is 14.2 Å². The number of amides is 1. The third-order valence-corrected chi connectivity index (χ3v) is 6.26. The fourth-order valence-corrected chi connectivity index (χ4v) is 4.27. The number of carbonyl (C=O) groups is 2. The van der Waals surface area contributed by atoms with Crippen LogP contribution in [0.25, 0.3) is 0 Å². The number of carbonyl (C=O) groups excluding carboxylic acids is 2. The second-order valence-corrected chi connectivity index (χ2v) is 9.08. The van der Waals surface area contributed by atoms with Crippen LogP contribution in [0.15, 0.2) is 0 Å². The van der Waals surface area contributed by atoms with Crippen molar-refractivity contribution in [1.82, 2.24) is 4.90 Å². The van der Waals surface area contributed by atoms with Gasteiger partial charge in [-0.05, 0) is 19.3 Å². The average Bonchev–Trinajstić information content (AvgIpc) is 3.29. The van der Waals surface area contributed by atoms with Crippen LogP contribution in [0.1, 0.15) is 116 Å². The molecule has 6 nitrogen and oxygen atoms in total. The second kappa shape index (κ2) is 20.3. The Morgan fingerprint density at radius 3 is 1.78 bits per heavy atom. The zero-order chi connectivity index (χ0) is 23.3. The van der Waals surface area contributed by atoms with Gasteiger partial charge in [0.15, 0.2) is 0 Å². The van der Waals surface area contributed by atoms with Gasteiger partial charge in [0.2, 0.25) is 0 Å². The van der Waals surface area contributed by atoms with Gasteiger partial charge in [0.25, 0.3) is 0 Å².